The standard InChI is InChI=1S/C8H8N6O3S/c9-6(15)3-17-11-8(16)7-5(1-2-18-7)14-4-10-12-13-14/h1-2,4H,3H2,(H2,9,15)(H,11,16). The van der Waals surface area contributed by atoms with E-state index in [2.05, 4.69) is 25.8 Å². The lowest BCUT2D eigenvalue weighted by atomic mass is 10.4. The molecule has 2 aromatic heterocycles. The third-order valence-corrected chi connectivity index (χ3v) is 2.73. The molecule has 2 rings (SSSR count). The van der Waals surface area contributed by atoms with Crippen molar-refractivity contribution in [3.63, 3.8) is 0 Å². The van der Waals surface area contributed by atoms with Crippen LogP contribution >= 0.6 is 11.3 Å². The molecule has 0 aliphatic carbocycles. The topological polar surface area (TPSA) is 125 Å². The van der Waals surface area contributed by atoms with Gasteiger partial charge in [-0.3, -0.25) is 14.4 Å². The number of amides is 2. The second-order valence-corrected chi connectivity index (χ2v) is 3.99. The first-order valence-electron chi connectivity index (χ1n) is 4.70. The van der Waals surface area contributed by atoms with Gasteiger partial charge in [-0.2, -0.15) is 4.68 Å². The van der Waals surface area contributed by atoms with Crippen molar-refractivity contribution >= 4 is 23.2 Å². The summed E-state index contributed by atoms with van der Waals surface area (Å²) in [6, 6.07) is 1.68. The van der Waals surface area contributed by atoms with Crippen molar-refractivity contribution in [1.82, 2.24) is 25.7 Å². The average molecular weight is 268 g/mol. The molecular weight excluding hydrogens is 260 g/mol. The number of nitrogens with one attached hydrogen (secondary N) is 1. The van der Waals surface area contributed by atoms with Crippen molar-refractivity contribution in [3.05, 3.63) is 22.7 Å². The van der Waals surface area contributed by atoms with Crippen molar-refractivity contribution in [2.24, 2.45) is 5.73 Å². The van der Waals surface area contributed by atoms with Crippen molar-refractivity contribution in [1.29, 1.82) is 0 Å². The first-order chi connectivity index (χ1) is 8.68. The molecule has 0 aliphatic rings. The third kappa shape index (κ3) is 2.67. The number of aromatic nitrogens is 4. The summed E-state index contributed by atoms with van der Waals surface area (Å²) >= 11 is 1.19. The Balaban J connectivity index is 2.07. The summed E-state index contributed by atoms with van der Waals surface area (Å²) in [5.41, 5.74) is 7.49. The minimum absolute atomic E-state index is 0.353. The summed E-state index contributed by atoms with van der Waals surface area (Å²) in [5.74, 6) is -1.18. The highest BCUT2D eigenvalue weighted by atomic mass is 32.1. The van der Waals surface area contributed by atoms with E-state index in [-0.39, 0.29) is 0 Å². The lowest BCUT2D eigenvalue weighted by Crippen LogP contribution is -2.29. The SMILES string of the molecule is NC(=O)CONC(=O)c1sccc1-n1cnnn1. The zero-order valence-electron chi connectivity index (χ0n) is 8.94. The molecule has 2 amide bonds. The molecular formula is C8H8N6O3S. The second-order valence-electron chi connectivity index (χ2n) is 3.08. The van der Waals surface area contributed by atoms with E-state index in [0.29, 0.717) is 10.6 Å². The van der Waals surface area contributed by atoms with Crippen molar-refractivity contribution in [3.8, 4) is 5.69 Å². The van der Waals surface area contributed by atoms with Gasteiger partial charge in [-0.15, -0.1) is 16.4 Å². The number of rotatable bonds is 5. The molecule has 3 N–H and O–H groups in total. The van der Waals surface area contributed by atoms with Gasteiger partial charge >= 0.3 is 0 Å². The van der Waals surface area contributed by atoms with E-state index in [1.807, 2.05) is 0 Å². The number of carbonyl (C=O) groups is 2. The highest BCUT2D eigenvalue weighted by Crippen LogP contribution is 2.19. The predicted octanol–water partition coefficient (Wildman–Crippen LogP) is -1.13. The molecule has 18 heavy (non-hydrogen) atoms. The van der Waals surface area contributed by atoms with Gasteiger partial charge < -0.3 is 5.73 Å². The minimum atomic E-state index is -0.679. The number of carbonyl (C=O) groups excluding carboxylic acids is 2. The highest BCUT2D eigenvalue weighted by molar-refractivity contribution is 7.12. The van der Waals surface area contributed by atoms with Gasteiger partial charge in [0.1, 0.15) is 11.2 Å². The molecule has 0 bridgehead atoms. The molecule has 9 nitrogen and oxygen atoms in total. The zero-order chi connectivity index (χ0) is 13.0. The maximum Gasteiger partial charge on any atom is 0.287 e. The number of primary amides is 1. The van der Waals surface area contributed by atoms with Gasteiger partial charge in [-0.25, -0.2) is 5.48 Å². The van der Waals surface area contributed by atoms with Gasteiger partial charge in [0.2, 0.25) is 5.91 Å². The quantitative estimate of drug-likeness (QED) is 0.661. The molecule has 10 heteroatoms. The first kappa shape index (κ1) is 12.1. The summed E-state index contributed by atoms with van der Waals surface area (Å²) in [5, 5.41) is 12.3. The Hall–Kier alpha value is -2.33. The fraction of sp³-hybridized carbons (Fsp3) is 0.125. The molecule has 0 fully saturated rings. The van der Waals surface area contributed by atoms with Crippen LogP contribution in [0.2, 0.25) is 0 Å². The Morgan fingerprint density at radius 2 is 2.39 bits per heavy atom. The fourth-order valence-electron chi connectivity index (χ4n) is 1.14. The molecule has 0 saturated heterocycles. The van der Waals surface area contributed by atoms with Crippen LogP contribution in [-0.2, 0) is 9.63 Å². The summed E-state index contributed by atoms with van der Waals surface area (Å²) in [4.78, 5) is 27.2. The Morgan fingerprint density at radius 1 is 1.56 bits per heavy atom. The Kier molecular flexibility index (Phi) is 3.60. The predicted molar refractivity (Wildman–Crippen MR) is 59.6 cm³/mol. The van der Waals surface area contributed by atoms with E-state index in [4.69, 9.17) is 5.73 Å². The Morgan fingerprint density at radius 3 is 3.06 bits per heavy atom. The number of thiophene rings is 1. The number of hydrogen-bond donors (Lipinski definition) is 2. The van der Waals surface area contributed by atoms with Crippen LogP contribution in [0.15, 0.2) is 17.8 Å². The van der Waals surface area contributed by atoms with Crippen molar-refractivity contribution in [2.75, 3.05) is 6.61 Å². The number of hydrogen-bond acceptors (Lipinski definition) is 7. The van der Waals surface area contributed by atoms with Gasteiger partial charge in [-0.1, -0.05) is 0 Å². The number of tetrazole rings is 1. The lowest BCUT2D eigenvalue weighted by Gasteiger charge is -2.04. The zero-order valence-corrected chi connectivity index (χ0v) is 9.75. The van der Waals surface area contributed by atoms with Gasteiger partial charge in [0.05, 0.1) is 5.69 Å². The van der Waals surface area contributed by atoms with Crippen LogP contribution in [0.5, 0.6) is 0 Å². The second kappa shape index (κ2) is 5.33. The largest absolute Gasteiger partial charge is 0.368 e. The maximum absolute atomic E-state index is 11.7. The normalized spacial score (nSPS) is 10.2. The number of nitrogens with two attached hydrogens (primary N) is 1. The lowest BCUT2D eigenvalue weighted by molar-refractivity contribution is -0.124. The van der Waals surface area contributed by atoms with Crippen LogP contribution in [0.1, 0.15) is 9.67 Å². The minimum Gasteiger partial charge on any atom is -0.368 e. The van der Waals surface area contributed by atoms with Gasteiger partial charge in [-0.05, 0) is 21.9 Å². The molecule has 2 heterocycles. The molecule has 2 aromatic rings. The third-order valence-electron chi connectivity index (χ3n) is 1.83. The molecule has 0 spiro atoms. The molecule has 0 aromatic carbocycles. The van der Waals surface area contributed by atoms with Gasteiger partial charge in [0.15, 0.2) is 6.61 Å². The monoisotopic (exact) mass is 268 g/mol. The van der Waals surface area contributed by atoms with Gasteiger partial charge in [0, 0.05) is 0 Å². The van der Waals surface area contributed by atoms with Crippen LogP contribution in [0.4, 0.5) is 0 Å². The molecule has 0 aliphatic heterocycles. The van der Waals surface area contributed by atoms with Crippen molar-refractivity contribution < 1.29 is 14.4 Å². The first-order valence-corrected chi connectivity index (χ1v) is 5.57. The van der Waals surface area contributed by atoms with Crippen LogP contribution in [0.25, 0.3) is 5.69 Å². The fourth-order valence-corrected chi connectivity index (χ4v) is 1.91. The number of nitrogens with zero attached hydrogens (tertiary/aromatic N) is 4. The van der Waals surface area contributed by atoms with Gasteiger partial charge in [0.25, 0.3) is 5.91 Å². The molecule has 0 atom stereocenters. The van der Waals surface area contributed by atoms with E-state index in [9.17, 15) is 9.59 Å². The van der Waals surface area contributed by atoms with E-state index in [0.717, 1.165) is 0 Å². The maximum atomic E-state index is 11.7. The van der Waals surface area contributed by atoms with Crippen LogP contribution in [-0.4, -0.2) is 38.6 Å². The molecule has 0 unspecified atom stereocenters. The van der Waals surface area contributed by atoms with E-state index in [1.165, 1.54) is 22.3 Å². The van der Waals surface area contributed by atoms with Crippen LogP contribution < -0.4 is 11.2 Å². The van der Waals surface area contributed by atoms with E-state index >= 15 is 0 Å². The molecule has 0 radical (unpaired) electrons. The average Bonchev–Trinajstić information content (AvgIpc) is 2.99. The summed E-state index contributed by atoms with van der Waals surface area (Å²) < 4.78 is 1.35. The Bertz CT molecular complexity index is 551. The summed E-state index contributed by atoms with van der Waals surface area (Å²) in [7, 11) is 0. The molecule has 0 saturated carbocycles. The summed E-state index contributed by atoms with van der Waals surface area (Å²) in [6.45, 7) is -0.392. The van der Waals surface area contributed by atoms with E-state index in [1.54, 1.807) is 11.4 Å². The molecule has 94 valence electrons. The number of hydroxylamine groups is 1. The van der Waals surface area contributed by atoms with Crippen LogP contribution in [0, 0.1) is 0 Å². The van der Waals surface area contributed by atoms with Crippen LogP contribution in [0.3, 0.4) is 0 Å². The smallest absolute Gasteiger partial charge is 0.287 e. The highest BCUT2D eigenvalue weighted by Gasteiger charge is 2.15. The van der Waals surface area contributed by atoms with E-state index < -0.39 is 18.4 Å². The Labute approximate surface area is 104 Å². The van der Waals surface area contributed by atoms with Crippen molar-refractivity contribution in [2.45, 2.75) is 0 Å². The summed E-state index contributed by atoms with van der Waals surface area (Å²) in [6.07, 6.45) is 1.36.